The monoisotopic (exact) mass is 308 g/mol. The zero-order valence-electron chi connectivity index (χ0n) is 13.4. The number of anilines is 2. The predicted octanol–water partition coefficient (Wildman–Crippen LogP) is 3.30. The van der Waals surface area contributed by atoms with Gasteiger partial charge in [0.05, 0.1) is 5.92 Å². The number of carbonyl (C=O) groups is 2. The third-order valence-corrected chi connectivity index (χ3v) is 4.13. The van der Waals surface area contributed by atoms with Gasteiger partial charge in [-0.25, -0.2) is 0 Å². The van der Waals surface area contributed by atoms with Gasteiger partial charge in [0.25, 0.3) is 0 Å². The molecule has 1 N–H and O–H groups in total. The molecule has 2 amide bonds. The molecule has 2 aromatic rings. The highest BCUT2D eigenvalue weighted by atomic mass is 16.2. The van der Waals surface area contributed by atoms with Crippen molar-refractivity contribution < 1.29 is 9.59 Å². The van der Waals surface area contributed by atoms with E-state index in [2.05, 4.69) is 5.32 Å². The Morgan fingerprint density at radius 3 is 2.52 bits per heavy atom. The fourth-order valence-corrected chi connectivity index (χ4v) is 2.82. The Morgan fingerprint density at radius 1 is 1.09 bits per heavy atom. The summed E-state index contributed by atoms with van der Waals surface area (Å²) in [7, 11) is 0. The number of hydrogen-bond donors (Lipinski definition) is 1. The van der Waals surface area contributed by atoms with Crippen LogP contribution in [0.25, 0.3) is 0 Å². The third kappa shape index (κ3) is 3.42. The summed E-state index contributed by atoms with van der Waals surface area (Å²) < 4.78 is 0. The molecule has 1 unspecified atom stereocenters. The van der Waals surface area contributed by atoms with Crippen molar-refractivity contribution >= 4 is 23.2 Å². The zero-order chi connectivity index (χ0) is 16.4. The molecule has 4 nitrogen and oxygen atoms in total. The van der Waals surface area contributed by atoms with Gasteiger partial charge in [-0.2, -0.15) is 0 Å². The lowest BCUT2D eigenvalue weighted by Crippen LogP contribution is -2.28. The number of nitrogens with zero attached hydrogens (tertiary/aromatic N) is 1. The van der Waals surface area contributed by atoms with Crippen LogP contribution in [0.1, 0.15) is 17.5 Å². The molecule has 2 aromatic carbocycles. The molecule has 0 saturated carbocycles. The Kier molecular flexibility index (Phi) is 4.15. The number of hydrogen-bond acceptors (Lipinski definition) is 2. The molecule has 1 heterocycles. The summed E-state index contributed by atoms with van der Waals surface area (Å²) in [5.41, 5.74) is 3.86. The number of benzene rings is 2. The van der Waals surface area contributed by atoms with Crippen LogP contribution in [0.4, 0.5) is 11.4 Å². The van der Waals surface area contributed by atoms with Crippen LogP contribution in [0.5, 0.6) is 0 Å². The van der Waals surface area contributed by atoms with Crippen LogP contribution < -0.4 is 10.2 Å². The van der Waals surface area contributed by atoms with Crippen molar-refractivity contribution in [2.75, 3.05) is 16.8 Å². The first kappa shape index (κ1) is 15.3. The summed E-state index contributed by atoms with van der Waals surface area (Å²) >= 11 is 0. The SMILES string of the molecule is Cc1ccc(N2CC(C(=O)Nc3cccc(C)c3)CC2=O)cc1. The first-order valence-electron chi connectivity index (χ1n) is 7.77. The molecule has 1 saturated heterocycles. The zero-order valence-corrected chi connectivity index (χ0v) is 13.4. The fraction of sp³-hybridized carbons (Fsp3) is 0.263. The van der Waals surface area contributed by atoms with Crippen LogP contribution in [0, 0.1) is 19.8 Å². The lowest BCUT2D eigenvalue weighted by atomic mass is 10.1. The van der Waals surface area contributed by atoms with Crippen molar-refractivity contribution in [3.05, 3.63) is 59.7 Å². The molecule has 0 aliphatic carbocycles. The lowest BCUT2D eigenvalue weighted by molar-refractivity contribution is -0.122. The highest BCUT2D eigenvalue weighted by molar-refractivity contribution is 6.03. The molecule has 118 valence electrons. The van der Waals surface area contributed by atoms with E-state index in [1.807, 2.05) is 62.4 Å². The normalized spacial score (nSPS) is 17.4. The minimum atomic E-state index is -0.315. The van der Waals surface area contributed by atoms with E-state index in [9.17, 15) is 9.59 Å². The van der Waals surface area contributed by atoms with Gasteiger partial charge in [0.15, 0.2) is 0 Å². The highest BCUT2D eigenvalue weighted by Crippen LogP contribution is 2.26. The molecule has 0 aromatic heterocycles. The quantitative estimate of drug-likeness (QED) is 0.946. The standard InChI is InChI=1S/C19H20N2O2/c1-13-6-8-17(9-7-13)21-12-15(11-18(21)22)19(23)20-16-5-3-4-14(2)10-16/h3-10,15H,11-12H2,1-2H3,(H,20,23). The maximum Gasteiger partial charge on any atom is 0.229 e. The van der Waals surface area contributed by atoms with Gasteiger partial charge in [-0.1, -0.05) is 29.8 Å². The second kappa shape index (κ2) is 6.24. The number of aryl methyl sites for hydroxylation is 2. The maximum absolute atomic E-state index is 12.4. The number of nitrogens with one attached hydrogen (secondary N) is 1. The molecule has 3 rings (SSSR count). The second-order valence-electron chi connectivity index (χ2n) is 6.10. The Labute approximate surface area is 136 Å². The van der Waals surface area contributed by atoms with Gasteiger partial charge in [0.1, 0.15) is 0 Å². The van der Waals surface area contributed by atoms with Crippen molar-refractivity contribution in [1.29, 1.82) is 0 Å². The second-order valence-corrected chi connectivity index (χ2v) is 6.10. The topological polar surface area (TPSA) is 49.4 Å². The maximum atomic E-state index is 12.4. The molecule has 0 bridgehead atoms. The Balaban J connectivity index is 1.69. The average Bonchev–Trinajstić information content (AvgIpc) is 2.90. The smallest absolute Gasteiger partial charge is 0.229 e. The van der Waals surface area contributed by atoms with Gasteiger partial charge in [0.2, 0.25) is 11.8 Å². The summed E-state index contributed by atoms with van der Waals surface area (Å²) in [6, 6.07) is 15.5. The van der Waals surface area contributed by atoms with Crippen molar-refractivity contribution in [3.63, 3.8) is 0 Å². The Bertz CT molecular complexity index is 737. The number of amides is 2. The highest BCUT2D eigenvalue weighted by Gasteiger charge is 2.35. The Morgan fingerprint density at radius 2 is 1.83 bits per heavy atom. The predicted molar refractivity (Wildman–Crippen MR) is 91.4 cm³/mol. The van der Waals surface area contributed by atoms with Gasteiger partial charge >= 0.3 is 0 Å². The number of carbonyl (C=O) groups excluding carboxylic acids is 2. The van der Waals surface area contributed by atoms with Crippen LogP contribution in [-0.4, -0.2) is 18.4 Å². The summed E-state index contributed by atoms with van der Waals surface area (Å²) in [4.78, 5) is 26.3. The first-order chi connectivity index (χ1) is 11.0. The van der Waals surface area contributed by atoms with Crippen LogP contribution in [-0.2, 0) is 9.59 Å². The minimum absolute atomic E-state index is 0.00162. The van der Waals surface area contributed by atoms with Gasteiger partial charge < -0.3 is 10.2 Å². The van der Waals surface area contributed by atoms with Crippen LogP contribution in [0.15, 0.2) is 48.5 Å². The van der Waals surface area contributed by atoms with E-state index in [1.54, 1.807) is 4.90 Å². The molecular weight excluding hydrogens is 288 g/mol. The lowest BCUT2D eigenvalue weighted by Gasteiger charge is -2.17. The Hall–Kier alpha value is -2.62. The van der Waals surface area contributed by atoms with E-state index < -0.39 is 0 Å². The molecule has 1 fully saturated rings. The average molecular weight is 308 g/mol. The third-order valence-electron chi connectivity index (χ3n) is 4.13. The molecule has 1 aliphatic rings. The fourth-order valence-electron chi connectivity index (χ4n) is 2.82. The van der Waals surface area contributed by atoms with Crippen LogP contribution in [0.2, 0.25) is 0 Å². The van der Waals surface area contributed by atoms with Gasteiger partial charge in [-0.15, -0.1) is 0 Å². The van der Waals surface area contributed by atoms with E-state index in [0.717, 1.165) is 22.5 Å². The molecule has 1 aliphatic heterocycles. The van der Waals surface area contributed by atoms with Gasteiger partial charge in [-0.3, -0.25) is 9.59 Å². The van der Waals surface area contributed by atoms with Crippen molar-refractivity contribution in [3.8, 4) is 0 Å². The molecule has 0 spiro atoms. The summed E-state index contributed by atoms with van der Waals surface area (Å²) in [5, 5.41) is 2.91. The van der Waals surface area contributed by atoms with Gasteiger partial charge in [-0.05, 0) is 43.7 Å². The van der Waals surface area contributed by atoms with Crippen molar-refractivity contribution in [1.82, 2.24) is 0 Å². The molecule has 23 heavy (non-hydrogen) atoms. The largest absolute Gasteiger partial charge is 0.326 e. The number of rotatable bonds is 3. The summed E-state index contributed by atoms with van der Waals surface area (Å²) in [6.07, 6.45) is 0.255. The van der Waals surface area contributed by atoms with E-state index in [1.165, 1.54) is 0 Å². The molecule has 4 heteroatoms. The van der Waals surface area contributed by atoms with E-state index in [-0.39, 0.29) is 24.2 Å². The molecule has 0 radical (unpaired) electrons. The van der Waals surface area contributed by atoms with Crippen LogP contribution in [0.3, 0.4) is 0 Å². The van der Waals surface area contributed by atoms with E-state index >= 15 is 0 Å². The van der Waals surface area contributed by atoms with E-state index in [4.69, 9.17) is 0 Å². The summed E-state index contributed by atoms with van der Waals surface area (Å²) in [5.74, 6) is -0.416. The van der Waals surface area contributed by atoms with Crippen LogP contribution >= 0.6 is 0 Å². The van der Waals surface area contributed by atoms with Crippen molar-refractivity contribution in [2.24, 2.45) is 5.92 Å². The first-order valence-corrected chi connectivity index (χ1v) is 7.77. The van der Waals surface area contributed by atoms with Gasteiger partial charge in [0, 0.05) is 24.3 Å². The van der Waals surface area contributed by atoms with E-state index in [0.29, 0.717) is 6.54 Å². The van der Waals surface area contributed by atoms with Crippen molar-refractivity contribution in [2.45, 2.75) is 20.3 Å². The molecular formula is C19H20N2O2. The summed E-state index contributed by atoms with van der Waals surface area (Å²) in [6.45, 7) is 4.42. The minimum Gasteiger partial charge on any atom is -0.326 e. The molecule has 1 atom stereocenters.